The number of anilines is 1. The van der Waals surface area contributed by atoms with Gasteiger partial charge in [-0.15, -0.1) is 0 Å². The lowest BCUT2D eigenvalue weighted by molar-refractivity contribution is 0.0918. The molecule has 3 rings (SSSR count). The fourth-order valence-corrected chi connectivity index (χ4v) is 3.21. The number of hydrogen-bond donors (Lipinski definition) is 1. The molecule has 1 aliphatic heterocycles. The molecule has 0 aliphatic carbocycles. The van der Waals surface area contributed by atoms with Crippen molar-refractivity contribution >= 4 is 23.2 Å². The molecule has 6 heteroatoms. The lowest BCUT2D eigenvalue weighted by atomic mass is 9.96. The molecule has 1 aromatic carbocycles. The highest BCUT2D eigenvalue weighted by molar-refractivity contribution is 6.30. The average molecular weight is 344 g/mol. The van der Waals surface area contributed by atoms with E-state index in [9.17, 15) is 10.1 Å². The van der Waals surface area contributed by atoms with Gasteiger partial charge in [0.2, 0.25) is 0 Å². The Morgan fingerprint density at radius 2 is 2.33 bits per heavy atom. The number of hydrogen-bond acceptors (Lipinski definition) is 4. The predicted molar refractivity (Wildman–Crippen MR) is 92.1 cm³/mol. The van der Waals surface area contributed by atoms with E-state index in [1.54, 1.807) is 24.3 Å². The van der Waals surface area contributed by atoms with Crippen molar-refractivity contribution in [2.75, 3.05) is 24.5 Å². The fourth-order valence-electron chi connectivity index (χ4n) is 3.04. The van der Waals surface area contributed by atoms with Crippen LogP contribution in [0.25, 0.3) is 0 Å². The van der Waals surface area contributed by atoms with Crippen LogP contribution in [0.15, 0.2) is 41.0 Å². The zero-order valence-electron chi connectivity index (χ0n) is 13.2. The van der Waals surface area contributed by atoms with Gasteiger partial charge in [0.05, 0.1) is 17.5 Å². The molecule has 0 bridgehead atoms. The lowest BCUT2D eigenvalue weighted by Crippen LogP contribution is -2.41. The quantitative estimate of drug-likeness (QED) is 0.923. The highest BCUT2D eigenvalue weighted by atomic mass is 35.5. The van der Waals surface area contributed by atoms with E-state index in [0.29, 0.717) is 28.8 Å². The third-order valence-corrected chi connectivity index (χ3v) is 4.47. The highest BCUT2D eigenvalue weighted by Crippen LogP contribution is 2.28. The summed E-state index contributed by atoms with van der Waals surface area (Å²) in [6.07, 6.45) is 3.54. The molecule has 1 aromatic heterocycles. The standard InChI is InChI=1S/C18H18ClN3O2/c19-15-6-5-14(10-20)16(9-15)22-7-1-3-13(12-22)11-21-18(23)17-4-2-8-24-17/h2,4-6,8-9,13H,1,3,7,11-12H2,(H,21,23)/t13-/m1/s1. The number of nitrogens with zero attached hydrogens (tertiary/aromatic N) is 2. The van der Waals surface area contributed by atoms with E-state index in [0.717, 1.165) is 31.6 Å². The topological polar surface area (TPSA) is 69.3 Å². The molecule has 1 fully saturated rings. The van der Waals surface area contributed by atoms with Crippen molar-refractivity contribution < 1.29 is 9.21 Å². The fraction of sp³-hybridized carbons (Fsp3) is 0.333. The van der Waals surface area contributed by atoms with Gasteiger partial charge in [-0.05, 0) is 49.1 Å². The Morgan fingerprint density at radius 3 is 3.08 bits per heavy atom. The van der Waals surface area contributed by atoms with Crippen molar-refractivity contribution in [2.45, 2.75) is 12.8 Å². The molecule has 0 unspecified atom stereocenters. The minimum absolute atomic E-state index is 0.197. The van der Waals surface area contributed by atoms with Crippen LogP contribution in [-0.4, -0.2) is 25.5 Å². The second-order valence-corrected chi connectivity index (χ2v) is 6.35. The average Bonchev–Trinajstić information content (AvgIpc) is 3.14. The number of halogens is 1. The first-order valence-electron chi connectivity index (χ1n) is 7.93. The Bertz CT molecular complexity index is 752. The Labute approximate surface area is 145 Å². The summed E-state index contributed by atoms with van der Waals surface area (Å²) < 4.78 is 5.10. The summed E-state index contributed by atoms with van der Waals surface area (Å²) in [7, 11) is 0. The summed E-state index contributed by atoms with van der Waals surface area (Å²) in [4.78, 5) is 14.1. The smallest absolute Gasteiger partial charge is 0.286 e. The van der Waals surface area contributed by atoms with Gasteiger partial charge in [-0.3, -0.25) is 4.79 Å². The minimum Gasteiger partial charge on any atom is -0.459 e. The molecule has 1 atom stereocenters. The SMILES string of the molecule is N#Cc1ccc(Cl)cc1N1CCC[C@H](CNC(=O)c2ccco2)C1. The molecular formula is C18H18ClN3O2. The number of furan rings is 1. The maximum atomic E-state index is 12.0. The third kappa shape index (κ3) is 3.72. The van der Waals surface area contributed by atoms with Gasteiger partial charge in [-0.2, -0.15) is 5.26 Å². The van der Waals surface area contributed by atoms with E-state index in [2.05, 4.69) is 16.3 Å². The first kappa shape index (κ1) is 16.4. The summed E-state index contributed by atoms with van der Waals surface area (Å²) in [6, 6.07) is 10.9. The molecular weight excluding hydrogens is 326 g/mol. The van der Waals surface area contributed by atoms with E-state index in [-0.39, 0.29) is 5.91 Å². The zero-order chi connectivity index (χ0) is 16.9. The monoisotopic (exact) mass is 343 g/mol. The van der Waals surface area contributed by atoms with Crippen molar-refractivity contribution in [3.8, 4) is 6.07 Å². The molecule has 1 aliphatic rings. The van der Waals surface area contributed by atoms with Gasteiger partial charge >= 0.3 is 0 Å². The summed E-state index contributed by atoms with van der Waals surface area (Å²) in [5.41, 5.74) is 1.49. The van der Waals surface area contributed by atoms with Gasteiger partial charge in [0.15, 0.2) is 5.76 Å². The molecule has 5 nitrogen and oxygen atoms in total. The Morgan fingerprint density at radius 1 is 1.46 bits per heavy atom. The van der Waals surface area contributed by atoms with E-state index in [1.165, 1.54) is 6.26 Å². The van der Waals surface area contributed by atoms with Crippen LogP contribution in [0.1, 0.15) is 29.0 Å². The van der Waals surface area contributed by atoms with Gasteiger partial charge < -0.3 is 14.6 Å². The van der Waals surface area contributed by atoms with Crippen molar-refractivity contribution in [3.63, 3.8) is 0 Å². The number of amides is 1. The normalized spacial score (nSPS) is 17.3. The van der Waals surface area contributed by atoms with E-state index < -0.39 is 0 Å². The molecule has 2 aromatic rings. The molecule has 1 saturated heterocycles. The number of nitrogens with one attached hydrogen (secondary N) is 1. The van der Waals surface area contributed by atoms with Crippen LogP contribution in [0.5, 0.6) is 0 Å². The van der Waals surface area contributed by atoms with Crippen LogP contribution in [-0.2, 0) is 0 Å². The van der Waals surface area contributed by atoms with Crippen LogP contribution in [0, 0.1) is 17.2 Å². The van der Waals surface area contributed by atoms with Crippen molar-refractivity contribution in [2.24, 2.45) is 5.92 Å². The Hall–Kier alpha value is -2.45. The van der Waals surface area contributed by atoms with Crippen LogP contribution in [0.4, 0.5) is 5.69 Å². The number of rotatable bonds is 4. The predicted octanol–water partition coefficient (Wildman–Crippen LogP) is 3.45. The minimum atomic E-state index is -0.197. The molecule has 24 heavy (non-hydrogen) atoms. The number of piperidine rings is 1. The first-order chi connectivity index (χ1) is 11.7. The Kier molecular flexibility index (Phi) is 5.07. The molecule has 1 amide bonds. The molecule has 0 radical (unpaired) electrons. The summed E-state index contributed by atoms with van der Waals surface area (Å²) in [6.45, 7) is 2.25. The van der Waals surface area contributed by atoms with Gasteiger partial charge in [-0.25, -0.2) is 0 Å². The number of carbonyl (C=O) groups excluding carboxylic acids is 1. The van der Waals surface area contributed by atoms with E-state index in [4.69, 9.17) is 16.0 Å². The molecule has 124 valence electrons. The molecule has 2 heterocycles. The Balaban J connectivity index is 1.64. The number of carbonyl (C=O) groups is 1. The largest absolute Gasteiger partial charge is 0.459 e. The highest BCUT2D eigenvalue weighted by Gasteiger charge is 2.23. The molecule has 0 saturated carbocycles. The lowest BCUT2D eigenvalue weighted by Gasteiger charge is -2.35. The van der Waals surface area contributed by atoms with Crippen molar-refractivity contribution in [3.05, 3.63) is 52.9 Å². The summed E-state index contributed by atoms with van der Waals surface area (Å²) in [5, 5.41) is 12.8. The van der Waals surface area contributed by atoms with Crippen LogP contribution < -0.4 is 10.2 Å². The first-order valence-corrected chi connectivity index (χ1v) is 8.31. The maximum Gasteiger partial charge on any atom is 0.286 e. The number of nitriles is 1. The molecule has 1 N–H and O–H groups in total. The summed E-state index contributed by atoms with van der Waals surface area (Å²) >= 11 is 6.09. The maximum absolute atomic E-state index is 12.0. The van der Waals surface area contributed by atoms with Crippen LogP contribution in [0.3, 0.4) is 0 Å². The van der Waals surface area contributed by atoms with Crippen LogP contribution in [0.2, 0.25) is 5.02 Å². The summed E-state index contributed by atoms with van der Waals surface area (Å²) in [5.74, 6) is 0.449. The van der Waals surface area contributed by atoms with E-state index in [1.807, 2.05) is 6.07 Å². The number of benzene rings is 1. The van der Waals surface area contributed by atoms with Crippen LogP contribution >= 0.6 is 11.6 Å². The molecule has 0 spiro atoms. The van der Waals surface area contributed by atoms with Gasteiger partial charge in [0.1, 0.15) is 6.07 Å². The second-order valence-electron chi connectivity index (χ2n) is 5.91. The van der Waals surface area contributed by atoms with Gasteiger partial charge in [0, 0.05) is 24.7 Å². The third-order valence-electron chi connectivity index (χ3n) is 4.24. The van der Waals surface area contributed by atoms with Crippen molar-refractivity contribution in [1.82, 2.24) is 5.32 Å². The van der Waals surface area contributed by atoms with Gasteiger partial charge in [0.25, 0.3) is 5.91 Å². The zero-order valence-corrected chi connectivity index (χ0v) is 13.9. The van der Waals surface area contributed by atoms with Gasteiger partial charge in [-0.1, -0.05) is 11.6 Å². The van der Waals surface area contributed by atoms with Crippen molar-refractivity contribution in [1.29, 1.82) is 5.26 Å². The van der Waals surface area contributed by atoms with E-state index >= 15 is 0 Å². The second kappa shape index (κ2) is 7.41.